The summed E-state index contributed by atoms with van der Waals surface area (Å²) >= 11 is 3.39. The van der Waals surface area contributed by atoms with Gasteiger partial charge in [0.2, 0.25) is 11.8 Å². The summed E-state index contributed by atoms with van der Waals surface area (Å²) in [5.74, 6) is 0.890. The maximum Gasteiger partial charge on any atom is 0.248 e. The number of amides is 1. The van der Waals surface area contributed by atoms with Crippen LogP contribution in [0.25, 0.3) is 6.08 Å². The van der Waals surface area contributed by atoms with E-state index >= 15 is 0 Å². The zero-order chi connectivity index (χ0) is 17.5. The van der Waals surface area contributed by atoms with Crippen LogP contribution in [-0.2, 0) is 4.79 Å². The van der Waals surface area contributed by atoms with Crippen molar-refractivity contribution in [1.29, 1.82) is 0 Å². The summed E-state index contributed by atoms with van der Waals surface area (Å²) in [4.78, 5) is 20.0. The van der Waals surface area contributed by atoms with Gasteiger partial charge in [0.15, 0.2) is 0 Å². The summed E-state index contributed by atoms with van der Waals surface area (Å²) in [5, 5.41) is 2.75. The van der Waals surface area contributed by atoms with Crippen molar-refractivity contribution in [2.45, 2.75) is 0 Å². The van der Waals surface area contributed by atoms with Gasteiger partial charge in [0.1, 0.15) is 5.75 Å². The summed E-state index contributed by atoms with van der Waals surface area (Å²) in [7, 11) is 0. The van der Waals surface area contributed by atoms with Gasteiger partial charge >= 0.3 is 0 Å². The highest BCUT2D eigenvalue weighted by Crippen LogP contribution is 2.23. The smallest absolute Gasteiger partial charge is 0.248 e. The number of pyridine rings is 2. The molecule has 2 aromatic heterocycles. The maximum atomic E-state index is 11.9. The number of benzene rings is 1. The second-order valence-corrected chi connectivity index (χ2v) is 5.96. The van der Waals surface area contributed by atoms with E-state index in [2.05, 4.69) is 31.2 Å². The molecule has 0 spiro atoms. The van der Waals surface area contributed by atoms with Gasteiger partial charge in [-0.25, -0.2) is 4.98 Å². The molecule has 1 N–H and O–H groups in total. The Bertz CT molecular complexity index is 881. The van der Waals surface area contributed by atoms with Crippen molar-refractivity contribution in [2.75, 3.05) is 5.32 Å². The van der Waals surface area contributed by atoms with Crippen LogP contribution < -0.4 is 10.1 Å². The number of rotatable bonds is 5. The molecule has 0 radical (unpaired) electrons. The fraction of sp³-hybridized carbons (Fsp3) is 0. The quantitative estimate of drug-likeness (QED) is 0.636. The first-order valence-corrected chi connectivity index (χ1v) is 8.27. The van der Waals surface area contributed by atoms with Crippen LogP contribution in [0.15, 0.2) is 77.7 Å². The lowest BCUT2D eigenvalue weighted by molar-refractivity contribution is -0.111. The average molecular weight is 396 g/mol. The van der Waals surface area contributed by atoms with Crippen LogP contribution >= 0.6 is 15.9 Å². The van der Waals surface area contributed by atoms with E-state index < -0.39 is 0 Å². The van der Waals surface area contributed by atoms with Crippen LogP contribution in [0.5, 0.6) is 11.6 Å². The van der Waals surface area contributed by atoms with Crippen molar-refractivity contribution in [2.24, 2.45) is 0 Å². The maximum absolute atomic E-state index is 11.9. The lowest BCUT2D eigenvalue weighted by atomic mass is 10.2. The van der Waals surface area contributed by atoms with Gasteiger partial charge in [0.25, 0.3) is 0 Å². The van der Waals surface area contributed by atoms with E-state index in [0.29, 0.717) is 17.3 Å². The lowest BCUT2D eigenvalue weighted by Crippen LogP contribution is -2.07. The number of nitrogens with zero attached hydrogens (tertiary/aromatic N) is 2. The summed E-state index contributed by atoms with van der Waals surface area (Å²) in [6.45, 7) is 0. The van der Waals surface area contributed by atoms with Gasteiger partial charge in [0, 0.05) is 29.0 Å². The Morgan fingerprint density at radius 3 is 2.68 bits per heavy atom. The van der Waals surface area contributed by atoms with Crippen LogP contribution in [0.3, 0.4) is 0 Å². The van der Waals surface area contributed by atoms with Gasteiger partial charge in [-0.1, -0.05) is 22.0 Å². The molecule has 3 rings (SSSR count). The largest absolute Gasteiger partial charge is 0.439 e. The predicted octanol–water partition coefficient (Wildman–Crippen LogP) is 4.68. The van der Waals surface area contributed by atoms with E-state index in [4.69, 9.17) is 4.74 Å². The van der Waals surface area contributed by atoms with Crippen LogP contribution in [0.2, 0.25) is 0 Å². The fourth-order valence-electron chi connectivity index (χ4n) is 2.00. The van der Waals surface area contributed by atoms with Gasteiger partial charge in [0.05, 0.1) is 11.9 Å². The molecule has 0 unspecified atom stereocenters. The molecule has 1 amide bonds. The monoisotopic (exact) mass is 395 g/mol. The first kappa shape index (κ1) is 16.9. The Morgan fingerprint density at radius 2 is 1.96 bits per heavy atom. The number of hydrogen-bond acceptors (Lipinski definition) is 4. The molecule has 0 bridgehead atoms. The van der Waals surface area contributed by atoms with E-state index in [1.54, 1.807) is 36.8 Å². The van der Waals surface area contributed by atoms with Crippen LogP contribution in [0.4, 0.5) is 5.69 Å². The zero-order valence-corrected chi connectivity index (χ0v) is 14.7. The number of carbonyl (C=O) groups is 1. The first-order chi connectivity index (χ1) is 12.2. The molecule has 0 fully saturated rings. The second kappa shape index (κ2) is 8.21. The first-order valence-electron chi connectivity index (χ1n) is 7.47. The topological polar surface area (TPSA) is 64.1 Å². The molecule has 25 heavy (non-hydrogen) atoms. The van der Waals surface area contributed by atoms with Crippen molar-refractivity contribution in [3.05, 3.63) is 83.2 Å². The molecule has 2 heterocycles. The van der Waals surface area contributed by atoms with Gasteiger partial charge < -0.3 is 10.1 Å². The minimum absolute atomic E-state index is 0.237. The minimum Gasteiger partial charge on any atom is -0.439 e. The van der Waals surface area contributed by atoms with Gasteiger partial charge in [-0.05, 0) is 48.0 Å². The van der Waals surface area contributed by atoms with E-state index in [0.717, 1.165) is 10.0 Å². The normalized spacial score (nSPS) is 10.6. The average Bonchev–Trinajstić information content (AvgIpc) is 2.63. The summed E-state index contributed by atoms with van der Waals surface area (Å²) in [6.07, 6.45) is 8.07. The van der Waals surface area contributed by atoms with Crippen LogP contribution in [0, 0.1) is 0 Å². The Labute approximate surface area is 153 Å². The molecule has 0 aliphatic rings. The molecule has 5 nitrogen and oxygen atoms in total. The van der Waals surface area contributed by atoms with Crippen molar-refractivity contribution < 1.29 is 9.53 Å². The Hall–Kier alpha value is -2.99. The predicted molar refractivity (Wildman–Crippen MR) is 100 cm³/mol. The van der Waals surface area contributed by atoms with Crippen LogP contribution in [0.1, 0.15) is 5.56 Å². The van der Waals surface area contributed by atoms with Crippen molar-refractivity contribution in [1.82, 2.24) is 9.97 Å². The van der Waals surface area contributed by atoms with E-state index in [9.17, 15) is 4.79 Å². The van der Waals surface area contributed by atoms with Crippen LogP contribution in [-0.4, -0.2) is 15.9 Å². The Balaban J connectivity index is 1.59. The lowest BCUT2D eigenvalue weighted by Gasteiger charge is -2.06. The summed E-state index contributed by atoms with van der Waals surface area (Å²) in [6, 6.07) is 14.6. The number of ether oxygens (including phenoxy) is 1. The second-order valence-electron chi connectivity index (χ2n) is 5.05. The highest BCUT2D eigenvalue weighted by Gasteiger charge is 2.02. The molecule has 1 aromatic carbocycles. The minimum atomic E-state index is -0.237. The molecular weight excluding hydrogens is 382 g/mol. The molecule has 0 saturated carbocycles. The zero-order valence-electron chi connectivity index (χ0n) is 13.1. The van der Waals surface area contributed by atoms with Gasteiger partial charge in [-0.2, -0.15) is 0 Å². The molecule has 0 aliphatic carbocycles. The fourth-order valence-corrected chi connectivity index (χ4v) is 2.37. The number of halogens is 1. The standard InChI is InChI=1S/C19H14BrN3O2/c20-15-2-1-3-17(12-15)25-19-7-5-16(13-22-19)23-18(24)6-4-14-8-10-21-11-9-14/h1-13H,(H,23,24)/b6-4+. The van der Waals surface area contributed by atoms with Crippen molar-refractivity contribution >= 4 is 33.6 Å². The summed E-state index contributed by atoms with van der Waals surface area (Å²) in [5.41, 5.74) is 1.49. The Kier molecular flexibility index (Phi) is 5.53. The van der Waals surface area contributed by atoms with Crippen molar-refractivity contribution in [3.8, 4) is 11.6 Å². The molecule has 6 heteroatoms. The van der Waals surface area contributed by atoms with Gasteiger partial charge in [-0.3, -0.25) is 9.78 Å². The number of nitrogens with one attached hydrogen (secondary N) is 1. The Morgan fingerprint density at radius 1 is 1.12 bits per heavy atom. The number of aromatic nitrogens is 2. The highest BCUT2D eigenvalue weighted by molar-refractivity contribution is 9.10. The molecule has 3 aromatic rings. The third kappa shape index (κ3) is 5.26. The molecule has 0 atom stereocenters. The summed E-state index contributed by atoms with van der Waals surface area (Å²) < 4.78 is 6.58. The SMILES string of the molecule is O=C(/C=C/c1ccncc1)Nc1ccc(Oc2cccc(Br)c2)nc1. The van der Waals surface area contributed by atoms with Crippen molar-refractivity contribution in [3.63, 3.8) is 0 Å². The van der Waals surface area contributed by atoms with E-state index in [1.807, 2.05) is 36.4 Å². The van der Waals surface area contributed by atoms with Gasteiger partial charge in [-0.15, -0.1) is 0 Å². The molecule has 0 aliphatic heterocycles. The highest BCUT2D eigenvalue weighted by atomic mass is 79.9. The number of hydrogen-bond donors (Lipinski definition) is 1. The van der Waals surface area contributed by atoms with E-state index in [1.165, 1.54) is 6.08 Å². The third-order valence-electron chi connectivity index (χ3n) is 3.16. The number of carbonyl (C=O) groups excluding carboxylic acids is 1. The number of anilines is 1. The third-order valence-corrected chi connectivity index (χ3v) is 3.65. The molecule has 0 saturated heterocycles. The molecular formula is C19H14BrN3O2. The molecule has 124 valence electrons. The van der Waals surface area contributed by atoms with E-state index in [-0.39, 0.29) is 5.91 Å².